The van der Waals surface area contributed by atoms with Gasteiger partial charge in [0.05, 0.1) is 23.7 Å². The van der Waals surface area contributed by atoms with Crippen LogP contribution in [0.25, 0.3) is 0 Å². The Kier molecular flexibility index (Phi) is 3.23. The van der Waals surface area contributed by atoms with E-state index < -0.39 is 0 Å². The molecule has 0 fully saturated rings. The number of hydrogen-bond donors (Lipinski definition) is 0. The molecular formula is C8H8BrClO2. The van der Waals surface area contributed by atoms with Gasteiger partial charge in [0.2, 0.25) is 0 Å². The minimum absolute atomic E-state index is 0.575. The van der Waals surface area contributed by atoms with Crippen molar-refractivity contribution in [3.05, 3.63) is 21.6 Å². The van der Waals surface area contributed by atoms with Crippen LogP contribution in [0.15, 0.2) is 16.6 Å². The van der Waals surface area contributed by atoms with Gasteiger partial charge in [-0.25, -0.2) is 0 Å². The summed E-state index contributed by atoms with van der Waals surface area (Å²) in [7, 11) is 3.16. The minimum atomic E-state index is 0.575. The molecule has 0 unspecified atom stereocenters. The van der Waals surface area contributed by atoms with Gasteiger partial charge in [-0.15, -0.1) is 0 Å². The van der Waals surface area contributed by atoms with Crippen molar-refractivity contribution >= 4 is 27.5 Å². The molecule has 0 saturated heterocycles. The Balaban J connectivity index is 3.19. The van der Waals surface area contributed by atoms with Crippen molar-refractivity contribution in [2.24, 2.45) is 0 Å². The maximum Gasteiger partial charge on any atom is 0.138 e. The van der Waals surface area contributed by atoms with Gasteiger partial charge in [0, 0.05) is 12.1 Å². The average Bonchev–Trinajstić information content (AvgIpc) is 2.09. The molecule has 12 heavy (non-hydrogen) atoms. The van der Waals surface area contributed by atoms with E-state index in [1.54, 1.807) is 26.4 Å². The summed E-state index contributed by atoms with van der Waals surface area (Å²) in [5.74, 6) is 1.35. The number of halogens is 2. The van der Waals surface area contributed by atoms with Gasteiger partial charge in [-0.3, -0.25) is 0 Å². The lowest BCUT2D eigenvalue weighted by Gasteiger charge is -2.07. The van der Waals surface area contributed by atoms with Gasteiger partial charge >= 0.3 is 0 Å². The standard InChI is InChI=1S/C8H8BrClO2/c1-11-5-3-6(10)8(9)7(4-5)12-2/h3-4H,1-2H3. The Morgan fingerprint density at radius 1 is 1.25 bits per heavy atom. The van der Waals surface area contributed by atoms with Crippen molar-refractivity contribution in [1.82, 2.24) is 0 Å². The summed E-state index contributed by atoms with van der Waals surface area (Å²) < 4.78 is 10.8. The molecule has 0 N–H and O–H groups in total. The molecule has 0 amide bonds. The van der Waals surface area contributed by atoms with Crippen molar-refractivity contribution in [2.45, 2.75) is 0 Å². The molecule has 2 nitrogen and oxygen atoms in total. The second-order valence-corrected chi connectivity index (χ2v) is 3.33. The summed E-state index contributed by atoms with van der Waals surface area (Å²) in [4.78, 5) is 0. The van der Waals surface area contributed by atoms with E-state index in [1.807, 2.05) is 0 Å². The molecular weight excluding hydrogens is 243 g/mol. The van der Waals surface area contributed by atoms with Crippen LogP contribution in [0.1, 0.15) is 0 Å². The number of hydrogen-bond acceptors (Lipinski definition) is 2. The van der Waals surface area contributed by atoms with Gasteiger partial charge in [-0.2, -0.15) is 0 Å². The van der Waals surface area contributed by atoms with E-state index in [0.717, 1.165) is 4.47 Å². The van der Waals surface area contributed by atoms with Crippen LogP contribution < -0.4 is 9.47 Å². The number of methoxy groups -OCH3 is 2. The first-order valence-corrected chi connectivity index (χ1v) is 4.43. The van der Waals surface area contributed by atoms with Gasteiger partial charge in [-0.1, -0.05) is 11.6 Å². The number of benzene rings is 1. The molecule has 0 atom stereocenters. The Hall–Kier alpha value is -0.410. The molecule has 0 bridgehead atoms. The third-order valence-corrected chi connectivity index (χ3v) is 2.77. The van der Waals surface area contributed by atoms with Crippen molar-refractivity contribution in [1.29, 1.82) is 0 Å². The fraction of sp³-hybridized carbons (Fsp3) is 0.250. The number of rotatable bonds is 2. The molecule has 0 aliphatic heterocycles. The zero-order valence-electron chi connectivity index (χ0n) is 6.73. The first-order chi connectivity index (χ1) is 5.69. The number of ether oxygens (including phenoxy) is 2. The van der Waals surface area contributed by atoms with Gasteiger partial charge in [-0.05, 0) is 15.9 Å². The summed E-state index contributed by atoms with van der Waals surface area (Å²) in [6.07, 6.45) is 0. The molecule has 1 aromatic carbocycles. The predicted molar refractivity (Wildman–Crippen MR) is 52.3 cm³/mol. The van der Waals surface area contributed by atoms with E-state index in [4.69, 9.17) is 21.1 Å². The molecule has 0 aliphatic rings. The van der Waals surface area contributed by atoms with Gasteiger partial charge < -0.3 is 9.47 Å². The van der Waals surface area contributed by atoms with Crippen LogP contribution in [0.4, 0.5) is 0 Å². The second-order valence-electron chi connectivity index (χ2n) is 2.13. The molecule has 1 aromatic rings. The predicted octanol–water partition coefficient (Wildman–Crippen LogP) is 3.12. The molecule has 0 radical (unpaired) electrons. The van der Waals surface area contributed by atoms with E-state index in [0.29, 0.717) is 16.5 Å². The van der Waals surface area contributed by atoms with Crippen LogP contribution in [-0.2, 0) is 0 Å². The molecule has 0 saturated carbocycles. The van der Waals surface area contributed by atoms with E-state index in [2.05, 4.69) is 15.9 Å². The zero-order valence-corrected chi connectivity index (χ0v) is 9.07. The lowest BCUT2D eigenvalue weighted by molar-refractivity contribution is 0.392. The van der Waals surface area contributed by atoms with Crippen LogP contribution in [0.2, 0.25) is 5.02 Å². The van der Waals surface area contributed by atoms with E-state index in [9.17, 15) is 0 Å². The quantitative estimate of drug-likeness (QED) is 0.804. The van der Waals surface area contributed by atoms with Gasteiger partial charge in [0.1, 0.15) is 11.5 Å². The molecule has 0 aliphatic carbocycles. The maximum absolute atomic E-state index is 5.87. The van der Waals surface area contributed by atoms with Crippen molar-refractivity contribution in [3.8, 4) is 11.5 Å². The lowest BCUT2D eigenvalue weighted by Crippen LogP contribution is -1.88. The molecule has 0 aromatic heterocycles. The van der Waals surface area contributed by atoms with Crippen LogP contribution in [0.3, 0.4) is 0 Å². The largest absolute Gasteiger partial charge is 0.497 e. The molecule has 0 heterocycles. The Morgan fingerprint density at radius 3 is 2.42 bits per heavy atom. The highest BCUT2D eigenvalue weighted by Gasteiger charge is 2.07. The normalized spacial score (nSPS) is 9.67. The fourth-order valence-corrected chi connectivity index (χ4v) is 1.40. The maximum atomic E-state index is 5.87. The van der Waals surface area contributed by atoms with Crippen LogP contribution in [-0.4, -0.2) is 14.2 Å². The Bertz CT molecular complexity index is 289. The highest BCUT2D eigenvalue weighted by Crippen LogP contribution is 2.36. The topological polar surface area (TPSA) is 18.5 Å². The fourth-order valence-electron chi connectivity index (χ4n) is 0.807. The Labute approximate surface area is 84.6 Å². The van der Waals surface area contributed by atoms with Crippen LogP contribution >= 0.6 is 27.5 Å². The third kappa shape index (κ3) is 1.84. The first-order valence-electron chi connectivity index (χ1n) is 3.26. The lowest BCUT2D eigenvalue weighted by atomic mass is 10.3. The summed E-state index contributed by atoms with van der Waals surface area (Å²) in [6, 6.07) is 3.48. The Morgan fingerprint density at radius 2 is 1.92 bits per heavy atom. The van der Waals surface area contributed by atoms with Gasteiger partial charge in [0.15, 0.2) is 0 Å². The van der Waals surface area contributed by atoms with Crippen LogP contribution in [0.5, 0.6) is 11.5 Å². The first kappa shape index (κ1) is 9.68. The summed E-state index contributed by atoms with van der Waals surface area (Å²) >= 11 is 9.16. The molecule has 66 valence electrons. The average molecular weight is 252 g/mol. The molecule has 4 heteroatoms. The van der Waals surface area contributed by atoms with Crippen molar-refractivity contribution in [2.75, 3.05) is 14.2 Å². The zero-order chi connectivity index (χ0) is 9.14. The van der Waals surface area contributed by atoms with Crippen LogP contribution in [0, 0.1) is 0 Å². The summed E-state index contributed by atoms with van der Waals surface area (Å²) in [6.45, 7) is 0. The second kappa shape index (κ2) is 4.01. The SMILES string of the molecule is COc1cc(Cl)c(Br)c(OC)c1. The van der Waals surface area contributed by atoms with E-state index in [1.165, 1.54) is 0 Å². The smallest absolute Gasteiger partial charge is 0.138 e. The van der Waals surface area contributed by atoms with Gasteiger partial charge in [0.25, 0.3) is 0 Å². The van der Waals surface area contributed by atoms with Crippen molar-refractivity contribution in [3.63, 3.8) is 0 Å². The summed E-state index contributed by atoms with van der Waals surface area (Å²) in [5, 5.41) is 0.575. The molecule has 1 rings (SSSR count). The highest BCUT2D eigenvalue weighted by molar-refractivity contribution is 9.10. The minimum Gasteiger partial charge on any atom is -0.497 e. The highest BCUT2D eigenvalue weighted by atomic mass is 79.9. The molecule has 0 spiro atoms. The third-order valence-electron chi connectivity index (χ3n) is 1.42. The van der Waals surface area contributed by atoms with E-state index in [-0.39, 0.29) is 0 Å². The monoisotopic (exact) mass is 250 g/mol. The summed E-state index contributed by atoms with van der Waals surface area (Å²) in [5.41, 5.74) is 0. The van der Waals surface area contributed by atoms with E-state index >= 15 is 0 Å². The van der Waals surface area contributed by atoms with Crippen molar-refractivity contribution < 1.29 is 9.47 Å².